The monoisotopic (exact) mass is 534 g/mol. The van der Waals surface area contributed by atoms with Crippen LogP contribution in [0, 0.1) is 0 Å². The topological polar surface area (TPSA) is 34.1 Å². The molecule has 0 unspecified atom stereocenters. The van der Waals surface area contributed by atoms with Crippen LogP contribution >= 0.6 is 15.9 Å². The number of carbonyl (C=O) groups is 2. The van der Waals surface area contributed by atoms with Crippen molar-refractivity contribution in [1.29, 1.82) is 0 Å². The fourth-order valence-corrected chi connectivity index (χ4v) is 7.53. The number of fused-ring (bicyclic) bond motifs is 6. The van der Waals surface area contributed by atoms with Crippen LogP contribution in [0.3, 0.4) is 0 Å². The minimum Gasteiger partial charge on any atom is -0.289 e. The fourth-order valence-electron chi connectivity index (χ4n) is 6.89. The molecule has 37 heavy (non-hydrogen) atoms. The maximum absolute atomic E-state index is 13.6. The highest BCUT2D eigenvalue weighted by Gasteiger charge is 2.31. The third-order valence-electron chi connectivity index (χ3n) is 8.37. The Kier molecular flexibility index (Phi) is 3.48. The standard InChI is InChI=1S/C34H15BrO2/c35-27-15-26-21-12-13-24-29-18(16-5-1-3-7-22(16)33(24)36)9-10-19(28(21)29)20-11-14-25-32(30(20)26)31(27)17-6-2-4-8-23(17)34(25)37/h1-15H. The summed E-state index contributed by atoms with van der Waals surface area (Å²) < 4.78 is 0.971. The molecule has 0 N–H and O–H groups in total. The first-order valence-corrected chi connectivity index (χ1v) is 13.1. The molecule has 0 aliphatic heterocycles. The van der Waals surface area contributed by atoms with E-state index in [2.05, 4.69) is 46.3 Å². The van der Waals surface area contributed by atoms with Crippen LogP contribution in [-0.4, -0.2) is 11.6 Å². The Hall–Kier alpha value is -4.34. The van der Waals surface area contributed by atoms with Gasteiger partial charge in [0.2, 0.25) is 0 Å². The molecular weight excluding hydrogens is 520 g/mol. The summed E-state index contributed by atoms with van der Waals surface area (Å²) in [5.41, 5.74) is 7.13. The van der Waals surface area contributed by atoms with Crippen molar-refractivity contribution in [2.75, 3.05) is 0 Å². The lowest BCUT2D eigenvalue weighted by atomic mass is 9.77. The molecule has 3 heteroatoms. The van der Waals surface area contributed by atoms with E-state index in [0.717, 1.165) is 92.1 Å². The van der Waals surface area contributed by atoms with E-state index in [-0.39, 0.29) is 11.6 Å². The van der Waals surface area contributed by atoms with Crippen LogP contribution in [-0.2, 0) is 0 Å². The first-order valence-electron chi connectivity index (χ1n) is 12.3. The van der Waals surface area contributed by atoms with E-state index in [1.54, 1.807) is 0 Å². The summed E-state index contributed by atoms with van der Waals surface area (Å²) in [5, 5.41) is 8.67. The predicted octanol–water partition coefficient (Wildman–Crippen LogP) is 8.92. The number of halogens is 1. The second-order valence-electron chi connectivity index (χ2n) is 10.0. The van der Waals surface area contributed by atoms with Gasteiger partial charge in [-0.1, -0.05) is 88.7 Å². The van der Waals surface area contributed by atoms with Gasteiger partial charge in [0.25, 0.3) is 0 Å². The van der Waals surface area contributed by atoms with E-state index >= 15 is 0 Å². The highest BCUT2D eigenvalue weighted by molar-refractivity contribution is 9.10. The minimum absolute atomic E-state index is 0.0666. The Morgan fingerprint density at radius 1 is 0.405 bits per heavy atom. The van der Waals surface area contributed by atoms with E-state index in [1.807, 2.05) is 60.7 Å². The molecule has 2 aliphatic rings. The molecule has 0 atom stereocenters. The maximum Gasteiger partial charge on any atom is 0.194 e. The molecule has 0 saturated heterocycles. The van der Waals surface area contributed by atoms with E-state index < -0.39 is 0 Å². The lowest BCUT2D eigenvalue weighted by molar-refractivity contribution is 0.103. The van der Waals surface area contributed by atoms with Gasteiger partial charge in [-0.3, -0.25) is 9.59 Å². The molecule has 0 spiro atoms. The average molecular weight is 535 g/mol. The lowest BCUT2D eigenvalue weighted by Crippen LogP contribution is -2.11. The van der Waals surface area contributed by atoms with Gasteiger partial charge in [0, 0.05) is 43.1 Å². The maximum atomic E-state index is 13.6. The molecule has 2 aliphatic carbocycles. The van der Waals surface area contributed by atoms with Crippen LogP contribution < -0.4 is 0 Å². The molecule has 9 rings (SSSR count). The molecule has 7 aromatic rings. The smallest absolute Gasteiger partial charge is 0.194 e. The summed E-state index contributed by atoms with van der Waals surface area (Å²) in [5.74, 6) is 0.142. The van der Waals surface area contributed by atoms with Crippen molar-refractivity contribution in [3.8, 4) is 22.3 Å². The van der Waals surface area contributed by atoms with Crippen molar-refractivity contribution in [3.05, 3.63) is 118 Å². The molecule has 0 fully saturated rings. The number of benzene rings is 7. The Morgan fingerprint density at radius 3 is 1.57 bits per heavy atom. The van der Waals surface area contributed by atoms with Gasteiger partial charge in [0.15, 0.2) is 11.6 Å². The molecule has 170 valence electrons. The SMILES string of the molecule is O=C1c2ccccc2-c2ccc3c4ccc5c6c(c(Br)cc(c7ccc1c2c37)c64)-c1ccccc1C5=O. The zero-order chi connectivity index (χ0) is 24.6. The fraction of sp³-hybridized carbons (Fsp3) is 0. The van der Waals surface area contributed by atoms with Crippen molar-refractivity contribution >= 4 is 70.6 Å². The number of hydrogen-bond donors (Lipinski definition) is 0. The highest BCUT2D eigenvalue weighted by Crippen LogP contribution is 2.52. The van der Waals surface area contributed by atoms with Crippen molar-refractivity contribution in [3.63, 3.8) is 0 Å². The van der Waals surface area contributed by atoms with Gasteiger partial charge in [-0.2, -0.15) is 0 Å². The summed E-state index contributed by atoms with van der Waals surface area (Å²) in [6.45, 7) is 0. The minimum atomic E-state index is 0.0666. The highest BCUT2D eigenvalue weighted by atomic mass is 79.9. The summed E-state index contributed by atoms with van der Waals surface area (Å²) >= 11 is 3.88. The molecule has 7 aromatic carbocycles. The first kappa shape index (κ1) is 19.8. The molecule has 0 heterocycles. The van der Waals surface area contributed by atoms with E-state index in [9.17, 15) is 9.59 Å². The predicted molar refractivity (Wildman–Crippen MR) is 153 cm³/mol. The van der Waals surface area contributed by atoms with Crippen molar-refractivity contribution < 1.29 is 9.59 Å². The van der Waals surface area contributed by atoms with Gasteiger partial charge < -0.3 is 0 Å². The molecule has 2 nitrogen and oxygen atoms in total. The number of ketones is 2. The summed E-state index contributed by atoms with van der Waals surface area (Å²) in [4.78, 5) is 27.2. The molecular formula is C34H15BrO2. The van der Waals surface area contributed by atoms with Crippen molar-refractivity contribution in [2.24, 2.45) is 0 Å². The molecule has 0 radical (unpaired) electrons. The van der Waals surface area contributed by atoms with Gasteiger partial charge >= 0.3 is 0 Å². The molecule has 0 amide bonds. The summed E-state index contributed by atoms with van der Waals surface area (Å²) in [7, 11) is 0. The number of hydrogen-bond acceptors (Lipinski definition) is 2. The van der Waals surface area contributed by atoms with Crippen LogP contribution in [0.4, 0.5) is 0 Å². The van der Waals surface area contributed by atoms with Crippen molar-refractivity contribution in [2.45, 2.75) is 0 Å². The Bertz CT molecular complexity index is 2240. The Morgan fingerprint density at radius 2 is 0.892 bits per heavy atom. The summed E-state index contributed by atoms with van der Waals surface area (Å²) in [6, 6.07) is 30.5. The average Bonchev–Trinajstić information content (AvgIpc) is 2.94. The van der Waals surface area contributed by atoms with E-state index in [1.165, 1.54) is 0 Å². The molecule has 0 bridgehead atoms. The van der Waals surface area contributed by atoms with Crippen LogP contribution in [0.1, 0.15) is 31.8 Å². The van der Waals surface area contributed by atoms with Gasteiger partial charge in [0.05, 0.1) is 0 Å². The van der Waals surface area contributed by atoms with Gasteiger partial charge in [-0.25, -0.2) is 0 Å². The van der Waals surface area contributed by atoms with Crippen LogP contribution in [0.25, 0.3) is 65.3 Å². The third-order valence-corrected chi connectivity index (χ3v) is 8.99. The van der Waals surface area contributed by atoms with E-state index in [4.69, 9.17) is 0 Å². The summed E-state index contributed by atoms with van der Waals surface area (Å²) in [6.07, 6.45) is 0. The van der Waals surface area contributed by atoms with Crippen LogP contribution in [0.15, 0.2) is 95.5 Å². The largest absolute Gasteiger partial charge is 0.289 e. The normalized spacial score (nSPS) is 13.6. The van der Waals surface area contributed by atoms with Gasteiger partial charge in [0.1, 0.15) is 0 Å². The second kappa shape index (κ2) is 6.50. The lowest BCUT2D eigenvalue weighted by Gasteiger charge is -2.26. The van der Waals surface area contributed by atoms with Crippen LogP contribution in [0.5, 0.6) is 0 Å². The number of rotatable bonds is 0. The second-order valence-corrected chi connectivity index (χ2v) is 10.9. The van der Waals surface area contributed by atoms with Gasteiger partial charge in [-0.15, -0.1) is 0 Å². The Labute approximate surface area is 219 Å². The van der Waals surface area contributed by atoms with Gasteiger partial charge in [-0.05, 0) is 67.2 Å². The third kappa shape index (κ3) is 2.19. The van der Waals surface area contributed by atoms with Crippen LogP contribution in [0.2, 0.25) is 0 Å². The van der Waals surface area contributed by atoms with E-state index in [0.29, 0.717) is 0 Å². The number of carbonyl (C=O) groups excluding carboxylic acids is 2. The zero-order valence-corrected chi connectivity index (χ0v) is 20.9. The molecule has 0 aromatic heterocycles. The van der Waals surface area contributed by atoms with Crippen molar-refractivity contribution in [1.82, 2.24) is 0 Å². The Balaban J connectivity index is 1.55. The quantitative estimate of drug-likeness (QED) is 0.144. The molecule has 0 saturated carbocycles. The zero-order valence-electron chi connectivity index (χ0n) is 19.4. The first-order chi connectivity index (χ1) is 18.1.